The first-order valence-corrected chi connectivity index (χ1v) is 3.82. The van der Waals surface area contributed by atoms with Crippen molar-refractivity contribution < 1.29 is 13.9 Å². The molecule has 0 fully saturated rings. The van der Waals surface area contributed by atoms with Crippen molar-refractivity contribution in [1.82, 2.24) is 0 Å². The molecule has 0 atom stereocenters. The van der Waals surface area contributed by atoms with Crippen LogP contribution in [-0.4, -0.2) is 13.1 Å². The second-order valence-corrected chi connectivity index (χ2v) is 2.39. The fourth-order valence-corrected chi connectivity index (χ4v) is 0.795. The van der Waals surface area contributed by atoms with Crippen LogP contribution in [0.15, 0.2) is 35.7 Å². The third kappa shape index (κ3) is 2.86. The second kappa shape index (κ2) is 5.30. The molecule has 0 saturated carbocycles. The van der Waals surface area contributed by atoms with Crippen LogP contribution in [0.5, 0.6) is 0 Å². The lowest BCUT2D eigenvalue weighted by Gasteiger charge is -2.04. The maximum absolute atomic E-state index is 13.1. The zero-order valence-corrected chi connectivity index (χ0v) is 8.06. The number of rotatable bonds is 3. The molecule has 0 amide bonds. The zero-order chi connectivity index (χ0) is 10.4. The van der Waals surface area contributed by atoms with Crippen molar-refractivity contribution in [3.8, 4) is 0 Å². The molecule has 0 N–H and O–H groups in total. The number of hydrogen-bond acceptors (Lipinski definition) is 2. The van der Waals surface area contributed by atoms with E-state index in [2.05, 4.69) is 11.3 Å². The zero-order valence-electron chi connectivity index (χ0n) is 8.06. The SMILES string of the molecule is C=C/C(C)=C(C(=O)OC)\C(F)=C/C. The first-order valence-electron chi connectivity index (χ1n) is 3.82. The highest BCUT2D eigenvalue weighted by Gasteiger charge is 2.16. The fraction of sp³-hybridized carbons (Fsp3) is 0.300. The van der Waals surface area contributed by atoms with Gasteiger partial charge in [0.1, 0.15) is 5.83 Å². The Morgan fingerprint density at radius 3 is 2.38 bits per heavy atom. The number of esters is 1. The summed E-state index contributed by atoms with van der Waals surface area (Å²) >= 11 is 0. The van der Waals surface area contributed by atoms with E-state index >= 15 is 0 Å². The van der Waals surface area contributed by atoms with Gasteiger partial charge in [-0.3, -0.25) is 0 Å². The molecule has 0 aromatic rings. The molecule has 3 heteroatoms. The van der Waals surface area contributed by atoms with Crippen LogP contribution in [0, 0.1) is 0 Å². The number of halogens is 1. The molecule has 0 saturated heterocycles. The number of carbonyl (C=O) groups is 1. The molecular weight excluding hydrogens is 171 g/mol. The molecule has 0 heterocycles. The van der Waals surface area contributed by atoms with Gasteiger partial charge in [0.05, 0.1) is 12.7 Å². The van der Waals surface area contributed by atoms with Gasteiger partial charge in [-0.25, -0.2) is 9.18 Å². The Kier molecular flexibility index (Phi) is 4.74. The fourth-order valence-electron chi connectivity index (χ4n) is 0.795. The van der Waals surface area contributed by atoms with E-state index < -0.39 is 11.8 Å². The van der Waals surface area contributed by atoms with Crippen LogP contribution in [0.3, 0.4) is 0 Å². The van der Waals surface area contributed by atoms with E-state index in [0.717, 1.165) is 0 Å². The molecule has 0 bridgehead atoms. The minimum Gasteiger partial charge on any atom is -0.465 e. The van der Waals surface area contributed by atoms with E-state index in [1.165, 1.54) is 26.2 Å². The van der Waals surface area contributed by atoms with Crippen LogP contribution >= 0.6 is 0 Å². The van der Waals surface area contributed by atoms with E-state index in [-0.39, 0.29) is 5.57 Å². The smallest absolute Gasteiger partial charge is 0.341 e. The van der Waals surface area contributed by atoms with Crippen LogP contribution in [-0.2, 0) is 9.53 Å². The van der Waals surface area contributed by atoms with Crippen LogP contribution in [0.25, 0.3) is 0 Å². The number of hydrogen-bond donors (Lipinski definition) is 0. The van der Waals surface area contributed by atoms with Crippen molar-refractivity contribution in [2.45, 2.75) is 13.8 Å². The molecular formula is C10H13FO2. The van der Waals surface area contributed by atoms with Gasteiger partial charge in [-0.05, 0) is 19.4 Å². The Labute approximate surface area is 77.4 Å². The van der Waals surface area contributed by atoms with Crippen LogP contribution in [0.1, 0.15) is 13.8 Å². The van der Waals surface area contributed by atoms with E-state index in [0.29, 0.717) is 5.57 Å². The van der Waals surface area contributed by atoms with Crippen molar-refractivity contribution in [3.05, 3.63) is 35.7 Å². The maximum Gasteiger partial charge on any atom is 0.341 e. The molecule has 72 valence electrons. The second-order valence-electron chi connectivity index (χ2n) is 2.39. The molecule has 0 unspecified atom stereocenters. The summed E-state index contributed by atoms with van der Waals surface area (Å²) in [5, 5.41) is 0. The van der Waals surface area contributed by atoms with E-state index in [1.54, 1.807) is 6.92 Å². The molecule has 0 aliphatic heterocycles. The summed E-state index contributed by atoms with van der Waals surface area (Å²) in [4.78, 5) is 11.1. The lowest BCUT2D eigenvalue weighted by Crippen LogP contribution is -2.07. The maximum atomic E-state index is 13.1. The first-order chi connectivity index (χ1) is 6.08. The molecule has 2 nitrogen and oxygen atoms in total. The Bertz CT molecular complexity index is 275. The lowest BCUT2D eigenvalue weighted by molar-refractivity contribution is -0.136. The minimum absolute atomic E-state index is 0.0694. The van der Waals surface area contributed by atoms with E-state index in [1.807, 2.05) is 0 Å². The molecule has 0 spiro atoms. The summed E-state index contributed by atoms with van der Waals surface area (Å²) in [7, 11) is 1.21. The van der Waals surface area contributed by atoms with E-state index in [4.69, 9.17) is 0 Å². The van der Waals surface area contributed by atoms with Gasteiger partial charge < -0.3 is 4.74 Å². The third-order valence-electron chi connectivity index (χ3n) is 1.58. The molecule has 13 heavy (non-hydrogen) atoms. The summed E-state index contributed by atoms with van der Waals surface area (Å²) in [5.74, 6) is -1.28. The summed E-state index contributed by atoms with van der Waals surface area (Å²) < 4.78 is 17.6. The Hall–Kier alpha value is -1.38. The quantitative estimate of drug-likeness (QED) is 0.382. The van der Waals surface area contributed by atoms with Crippen molar-refractivity contribution >= 4 is 5.97 Å². The van der Waals surface area contributed by atoms with Crippen LogP contribution < -0.4 is 0 Å². The first kappa shape index (κ1) is 11.6. The minimum atomic E-state index is -0.687. The predicted molar refractivity (Wildman–Crippen MR) is 49.8 cm³/mol. The highest BCUT2D eigenvalue weighted by Crippen LogP contribution is 2.18. The number of ether oxygens (including phenoxy) is 1. The Balaban J connectivity index is 5.22. The van der Waals surface area contributed by atoms with Crippen LogP contribution in [0.2, 0.25) is 0 Å². The molecule has 0 aliphatic carbocycles. The summed E-state index contributed by atoms with van der Waals surface area (Å²) in [6.45, 7) is 6.56. The molecule has 0 aliphatic rings. The van der Waals surface area contributed by atoms with Crippen molar-refractivity contribution in [3.63, 3.8) is 0 Å². The Morgan fingerprint density at radius 2 is 2.08 bits per heavy atom. The largest absolute Gasteiger partial charge is 0.465 e. The van der Waals surface area contributed by atoms with E-state index in [9.17, 15) is 9.18 Å². The standard InChI is InChI=1S/C10H13FO2/c1-5-7(3)9(8(11)6-2)10(12)13-4/h5-6H,1H2,2-4H3/b8-6+,9-7+. The van der Waals surface area contributed by atoms with Gasteiger partial charge in [0.15, 0.2) is 0 Å². The lowest BCUT2D eigenvalue weighted by atomic mass is 10.1. The third-order valence-corrected chi connectivity index (χ3v) is 1.58. The average Bonchev–Trinajstić information content (AvgIpc) is 2.16. The van der Waals surface area contributed by atoms with Gasteiger partial charge in [0, 0.05) is 0 Å². The highest BCUT2D eigenvalue weighted by atomic mass is 19.1. The number of allylic oxidation sites excluding steroid dienone is 3. The summed E-state index contributed by atoms with van der Waals surface area (Å²) in [6.07, 6.45) is 2.62. The van der Waals surface area contributed by atoms with Gasteiger partial charge in [0.2, 0.25) is 0 Å². The summed E-state index contributed by atoms with van der Waals surface area (Å²) in [6, 6.07) is 0. The van der Waals surface area contributed by atoms with Gasteiger partial charge in [0.25, 0.3) is 0 Å². The molecule has 0 radical (unpaired) electrons. The van der Waals surface area contributed by atoms with Crippen molar-refractivity contribution in [2.75, 3.05) is 7.11 Å². The van der Waals surface area contributed by atoms with Crippen molar-refractivity contribution in [2.24, 2.45) is 0 Å². The number of methoxy groups -OCH3 is 1. The summed E-state index contributed by atoms with van der Waals surface area (Å²) in [5.41, 5.74) is 0.391. The monoisotopic (exact) mass is 184 g/mol. The normalized spacial score (nSPS) is 13.4. The topological polar surface area (TPSA) is 26.3 Å². The average molecular weight is 184 g/mol. The predicted octanol–water partition coefficient (Wildman–Crippen LogP) is 2.54. The van der Waals surface area contributed by atoms with Crippen molar-refractivity contribution in [1.29, 1.82) is 0 Å². The van der Waals surface area contributed by atoms with Crippen LogP contribution in [0.4, 0.5) is 4.39 Å². The molecule has 0 rings (SSSR count). The highest BCUT2D eigenvalue weighted by molar-refractivity contribution is 5.93. The molecule has 0 aromatic carbocycles. The number of carbonyl (C=O) groups excluding carboxylic acids is 1. The van der Waals surface area contributed by atoms with Gasteiger partial charge in [-0.2, -0.15) is 0 Å². The Morgan fingerprint density at radius 1 is 1.54 bits per heavy atom. The van der Waals surface area contributed by atoms with Gasteiger partial charge in [-0.1, -0.05) is 18.7 Å². The van der Waals surface area contributed by atoms with Gasteiger partial charge in [-0.15, -0.1) is 0 Å². The van der Waals surface area contributed by atoms with Gasteiger partial charge >= 0.3 is 5.97 Å². The molecule has 0 aromatic heterocycles.